The number of rotatable bonds is 3. The molecule has 0 radical (unpaired) electrons. The fraction of sp³-hybridized carbons (Fsp3) is 0.130. The van der Waals surface area contributed by atoms with Crippen LogP contribution in [0.5, 0.6) is 0 Å². The highest BCUT2D eigenvalue weighted by molar-refractivity contribution is 5.64. The zero-order valence-corrected chi connectivity index (χ0v) is 13.7. The normalized spacial score (nSPS) is 10.1. The summed E-state index contributed by atoms with van der Waals surface area (Å²) in [5.41, 5.74) is 5.41. The third-order valence-corrected chi connectivity index (χ3v) is 3.91. The maximum Gasteiger partial charge on any atom is 0.123 e. The van der Waals surface area contributed by atoms with Crippen LogP contribution in [0.3, 0.4) is 0 Å². The van der Waals surface area contributed by atoms with Gasteiger partial charge in [0, 0.05) is 11.1 Å². The minimum Gasteiger partial charge on any atom is -0.207 e. The summed E-state index contributed by atoms with van der Waals surface area (Å²) in [4.78, 5) is 0. The molecule has 1 heteroatoms. The molecule has 0 aromatic heterocycles. The van der Waals surface area contributed by atoms with Crippen LogP contribution in [0, 0.1) is 17.7 Å². The van der Waals surface area contributed by atoms with E-state index in [9.17, 15) is 4.39 Å². The Labute approximate surface area is 143 Å². The summed E-state index contributed by atoms with van der Waals surface area (Å²) in [5, 5.41) is 0. The van der Waals surface area contributed by atoms with Crippen LogP contribution in [0.15, 0.2) is 72.8 Å². The fourth-order valence-corrected chi connectivity index (χ4v) is 2.58. The van der Waals surface area contributed by atoms with Gasteiger partial charge in [-0.1, -0.05) is 61.6 Å². The highest BCUT2D eigenvalue weighted by atomic mass is 19.1. The van der Waals surface area contributed by atoms with E-state index < -0.39 is 0 Å². The maximum absolute atomic E-state index is 13.0. The molecule has 0 unspecified atom stereocenters. The molecule has 0 saturated heterocycles. The first-order chi connectivity index (χ1) is 11.7. The molecule has 0 spiro atoms. The van der Waals surface area contributed by atoms with Crippen LogP contribution in [-0.4, -0.2) is 0 Å². The van der Waals surface area contributed by atoms with Crippen LogP contribution < -0.4 is 0 Å². The molecule has 3 aromatic rings. The van der Waals surface area contributed by atoms with Gasteiger partial charge in [-0.05, 0) is 59.5 Å². The standard InChI is InChI=1S/C23H19F/c1-2-3-18-4-6-19(7-5-18)8-9-20-10-12-21(13-11-20)22-14-16-23(24)17-15-22/h4-7,10-17H,2-3H2,1H3. The topological polar surface area (TPSA) is 0 Å². The van der Waals surface area contributed by atoms with Gasteiger partial charge in [-0.15, -0.1) is 0 Å². The first-order valence-electron chi connectivity index (χ1n) is 8.21. The van der Waals surface area contributed by atoms with Gasteiger partial charge in [-0.25, -0.2) is 4.39 Å². The molecule has 3 aromatic carbocycles. The lowest BCUT2D eigenvalue weighted by Gasteiger charge is -2.01. The van der Waals surface area contributed by atoms with Gasteiger partial charge in [0.1, 0.15) is 5.82 Å². The molecule has 0 N–H and O–H groups in total. The molecular formula is C23H19F. The Kier molecular flexibility index (Phi) is 5.08. The van der Waals surface area contributed by atoms with Crippen LogP contribution in [0.25, 0.3) is 11.1 Å². The van der Waals surface area contributed by atoms with Gasteiger partial charge in [0.25, 0.3) is 0 Å². The summed E-state index contributed by atoms with van der Waals surface area (Å²) >= 11 is 0. The van der Waals surface area contributed by atoms with Gasteiger partial charge in [-0.3, -0.25) is 0 Å². The van der Waals surface area contributed by atoms with Crippen molar-refractivity contribution in [3.05, 3.63) is 95.3 Å². The molecule has 0 saturated carbocycles. The smallest absolute Gasteiger partial charge is 0.123 e. The number of benzene rings is 3. The van der Waals surface area contributed by atoms with E-state index in [-0.39, 0.29) is 5.82 Å². The molecule has 0 aliphatic carbocycles. The Hall–Kier alpha value is -2.85. The second kappa shape index (κ2) is 7.62. The third kappa shape index (κ3) is 4.12. The molecular weight excluding hydrogens is 295 g/mol. The number of halogens is 1. The average molecular weight is 314 g/mol. The monoisotopic (exact) mass is 314 g/mol. The van der Waals surface area contributed by atoms with Crippen LogP contribution in [0.1, 0.15) is 30.0 Å². The molecule has 0 nitrogen and oxygen atoms in total. The van der Waals surface area contributed by atoms with Crippen molar-refractivity contribution in [1.29, 1.82) is 0 Å². The Balaban J connectivity index is 1.73. The minimum absolute atomic E-state index is 0.216. The van der Waals surface area contributed by atoms with Gasteiger partial charge in [-0.2, -0.15) is 0 Å². The van der Waals surface area contributed by atoms with Crippen molar-refractivity contribution >= 4 is 0 Å². The van der Waals surface area contributed by atoms with Crippen LogP contribution in [0.2, 0.25) is 0 Å². The zero-order chi connectivity index (χ0) is 16.8. The van der Waals surface area contributed by atoms with E-state index >= 15 is 0 Å². The Bertz CT molecular complexity index is 845. The first kappa shape index (κ1) is 16.0. The summed E-state index contributed by atoms with van der Waals surface area (Å²) in [7, 11) is 0. The van der Waals surface area contributed by atoms with Crippen LogP contribution >= 0.6 is 0 Å². The molecule has 0 aliphatic rings. The average Bonchev–Trinajstić information content (AvgIpc) is 2.63. The quantitative estimate of drug-likeness (QED) is 0.532. The lowest BCUT2D eigenvalue weighted by Crippen LogP contribution is -1.83. The first-order valence-corrected chi connectivity index (χ1v) is 8.21. The number of aryl methyl sites for hydroxylation is 1. The van der Waals surface area contributed by atoms with Crippen molar-refractivity contribution in [3.8, 4) is 23.0 Å². The Morgan fingerprint density at radius 1 is 0.667 bits per heavy atom. The van der Waals surface area contributed by atoms with Crippen molar-refractivity contribution in [2.45, 2.75) is 19.8 Å². The van der Waals surface area contributed by atoms with E-state index in [0.29, 0.717) is 0 Å². The molecule has 0 amide bonds. The van der Waals surface area contributed by atoms with E-state index in [2.05, 4.69) is 43.0 Å². The zero-order valence-electron chi connectivity index (χ0n) is 13.7. The summed E-state index contributed by atoms with van der Waals surface area (Å²) in [6, 6.07) is 23.0. The molecule has 3 rings (SSSR count). The predicted octanol–water partition coefficient (Wildman–Crippen LogP) is 5.85. The molecule has 24 heavy (non-hydrogen) atoms. The summed E-state index contributed by atoms with van der Waals surface area (Å²) in [5.74, 6) is 6.17. The van der Waals surface area contributed by atoms with Crippen molar-refractivity contribution in [1.82, 2.24) is 0 Å². The lowest BCUT2D eigenvalue weighted by molar-refractivity contribution is 0.628. The summed E-state index contributed by atoms with van der Waals surface area (Å²) in [6.45, 7) is 2.18. The summed E-state index contributed by atoms with van der Waals surface area (Å²) in [6.07, 6.45) is 2.27. The molecule has 0 fully saturated rings. The van der Waals surface area contributed by atoms with E-state index in [4.69, 9.17) is 0 Å². The van der Waals surface area contributed by atoms with Gasteiger partial charge < -0.3 is 0 Å². The van der Waals surface area contributed by atoms with Gasteiger partial charge in [0.15, 0.2) is 0 Å². The highest BCUT2D eigenvalue weighted by Gasteiger charge is 1.98. The SMILES string of the molecule is CCCc1ccc(C#Cc2ccc(-c3ccc(F)cc3)cc2)cc1. The summed E-state index contributed by atoms with van der Waals surface area (Å²) < 4.78 is 13.0. The van der Waals surface area contributed by atoms with E-state index in [1.54, 1.807) is 12.1 Å². The molecule has 0 heterocycles. The van der Waals surface area contributed by atoms with Gasteiger partial charge in [0.05, 0.1) is 0 Å². The Morgan fingerprint density at radius 2 is 1.12 bits per heavy atom. The molecule has 0 aliphatic heterocycles. The Morgan fingerprint density at radius 3 is 1.62 bits per heavy atom. The second-order valence-corrected chi connectivity index (χ2v) is 5.78. The number of hydrogen-bond donors (Lipinski definition) is 0. The lowest BCUT2D eigenvalue weighted by atomic mass is 10.0. The molecule has 0 bridgehead atoms. The van der Waals surface area contributed by atoms with E-state index in [1.807, 2.05) is 24.3 Å². The van der Waals surface area contributed by atoms with Gasteiger partial charge in [0.2, 0.25) is 0 Å². The third-order valence-electron chi connectivity index (χ3n) is 3.91. The number of hydrogen-bond acceptors (Lipinski definition) is 0. The molecule has 0 atom stereocenters. The maximum atomic E-state index is 13.0. The van der Waals surface area contributed by atoms with E-state index in [1.165, 1.54) is 17.7 Å². The van der Waals surface area contributed by atoms with Crippen molar-refractivity contribution in [2.75, 3.05) is 0 Å². The van der Waals surface area contributed by atoms with Crippen LogP contribution in [-0.2, 0) is 6.42 Å². The van der Waals surface area contributed by atoms with Crippen molar-refractivity contribution in [2.24, 2.45) is 0 Å². The second-order valence-electron chi connectivity index (χ2n) is 5.78. The fourth-order valence-electron chi connectivity index (χ4n) is 2.58. The van der Waals surface area contributed by atoms with E-state index in [0.717, 1.165) is 35.1 Å². The van der Waals surface area contributed by atoms with Crippen molar-refractivity contribution < 1.29 is 4.39 Å². The van der Waals surface area contributed by atoms with Crippen molar-refractivity contribution in [3.63, 3.8) is 0 Å². The van der Waals surface area contributed by atoms with Gasteiger partial charge >= 0.3 is 0 Å². The highest BCUT2D eigenvalue weighted by Crippen LogP contribution is 2.20. The molecule has 118 valence electrons. The largest absolute Gasteiger partial charge is 0.207 e. The predicted molar refractivity (Wildman–Crippen MR) is 98.3 cm³/mol. The van der Waals surface area contributed by atoms with Crippen LogP contribution in [0.4, 0.5) is 4.39 Å². The minimum atomic E-state index is -0.216.